The first-order chi connectivity index (χ1) is 11.7. The Kier molecular flexibility index (Phi) is 4.49. The monoisotopic (exact) mass is 357 g/mol. The summed E-state index contributed by atoms with van der Waals surface area (Å²) >= 11 is 0. The maximum absolute atomic E-state index is 13.5. The second-order valence-corrected chi connectivity index (χ2v) is 5.18. The Labute approximate surface area is 148 Å². The van der Waals surface area contributed by atoms with Crippen LogP contribution in [-0.4, -0.2) is 20.3 Å². The highest BCUT2D eigenvalue weighted by atomic mass is 35.5. The Bertz CT molecular complexity index is 1050. The van der Waals surface area contributed by atoms with E-state index in [0.717, 1.165) is 11.0 Å². The number of carbonyl (C=O) groups excluding carboxylic acids is 1. The molecule has 0 aliphatic rings. The van der Waals surface area contributed by atoms with Crippen LogP contribution < -0.4 is 10.9 Å². The smallest absolute Gasteiger partial charge is 0.271 e. The van der Waals surface area contributed by atoms with E-state index in [2.05, 4.69) is 20.8 Å². The van der Waals surface area contributed by atoms with Crippen molar-refractivity contribution in [3.05, 3.63) is 72.4 Å². The van der Waals surface area contributed by atoms with Gasteiger partial charge in [-0.3, -0.25) is 20.6 Å². The van der Waals surface area contributed by atoms with Gasteiger partial charge >= 0.3 is 0 Å². The number of hydrogen-bond donors (Lipinski definition) is 2. The maximum atomic E-state index is 13.5. The van der Waals surface area contributed by atoms with Gasteiger partial charge in [0.2, 0.25) is 0 Å². The van der Waals surface area contributed by atoms with Crippen LogP contribution in [0.2, 0.25) is 0 Å². The summed E-state index contributed by atoms with van der Waals surface area (Å²) in [6.07, 6.45) is 4.91. The van der Waals surface area contributed by atoms with E-state index >= 15 is 0 Å². The van der Waals surface area contributed by atoms with Crippen molar-refractivity contribution >= 4 is 40.7 Å². The minimum absolute atomic E-state index is 0. The number of hydrogen-bond acceptors (Lipinski definition) is 4. The lowest BCUT2D eigenvalue weighted by atomic mass is 10.3. The number of pyridine rings is 1. The van der Waals surface area contributed by atoms with Crippen molar-refractivity contribution in [2.45, 2.75) is 0 Å². The molecule has 6 nitrogen and oxygen atoms in total. The van der Waals surface area contributed by atoms with Gasteiger partial charge in [0.1, 0.15) is 5.82 Å². The fourth-order valence-corrected chi connectivity index (χ4v) is 2.53. The number of rotatable bonds is 3. The second-order valence-electron chi connectivity index (χ2n) is 5.18. The Morgan fingerprint density at radius 1 is 1.12 bits per heavy atom. The summed E-state index contributed by atoms with van der Waals surface area (Å²) < 4.78 is 15.4. The second kappa shape index (κ2) is 6.74. The first-order valence-electron chi connectivity index (χ1n) is 7.25. The van der Waals surface area contributed by atoms with Gasteiger partial charge in [-0.05, 0) is 36.4 Å². The number of amides is 1. The molecule has 0 saturated carbocycles. The molecular formula is C17H13ClFN5O. The summed E-state index contributed by atoms with van der Waals surface area (Å²) in [5.41, 5.74) is 7.83. The van der Waals surface area contributed by atoms with E-state index in [1.165, 1.54) is 18.3 Å². The van der Waals surface area contributed by atoms with Gasteiger partial charge in [0.15, 0.2) is 5.82 Å². The predicted molar refractivity (Wildman–Crippen MR) is 95.2 cm³/mol. The first kappa shape index (κ1) is 16.7. The zero-order valence-corrected chi connectivity index (χ0v) is 13.6. The van der Waals surface area contributed by atoms with E-state index in [0.29, 0.717) is 16.9 Å². The topological polar surface area (TPSA) is 71.3 Å². The fraction of sp³-hybridized carbons (Fsp3) is 0. The Hall–Kier alpha value is -3.19. The first-order valence-corrected chi connectivity index (χ1v) is 7.25. The van der Waals surface area contributed by atoms with E-state index in [1.807, 2.05) is 22.7 Å². The number of fused-ring (bicyclic) bond motifs is 3. The number of carbonyl (C=O) groups is 1. The number of benzene rings is 1. The number of anilines is 1. The quantitative estimate of drug-likeness (QED) is 0.552. The van der Waals surface area contributed by atoms with Crippen molar-refractivity contribution in [1.29, 1.82) is 0 Å². The number of hydrazine groups is 1. The number of halogens is 2. The van der Waals surface area contributed by atoms with E-state index < -0.39 is 0 Å². The van der Waals surface area contributed by atoms with Crippen LogP contribution in [0.1, 0.15) is 10.4 Å². The maximum Gasteiger partial charge on any atom is 0.271 e. The lowest BCUT2D eigenvalue weighted by Crippen LogP contribution is -2.30. The molecular weight excluding hydrogens is 345 g/mol. The van der Waals surface area contributed by atoms with Crippen molar-refractivity contribution < 1.29 is 9.18 Å². The minimum atomic E-state index is -0.369. The van der Waals surface area contributed by atoms with Crippen LogP contribution in [0.25, 0.3) is 16.6 Å². The molecule has 1 amide bonds. The van der Waals surface area contributed by atoms with Gasteiger partial charge in [0.05, 0.1) is 22.1 Å². The molecule has 0 spiro atoms. The molecule has 4 aromatic rings. The molecule has 0 bridgehead atoms. The van der Waals surface area contributed by atoms with Crippen LogP contribution in [0.15, 0.2) is 61.1 Å². The third-order valence-electron chi connectivity index (χ3n) is 3.64. The molecule has 25 heavy (non-hydrogen) atoms. The Morgan fingerprint density at radius 2 is 2.00 bits per heavy atom. The van der Waals surface area contributed by atoms with Crippen molar-refractivity contribution in [1.82, 2.24) is 19.8 Å². The standard InChI is InChI=1S/C17H12FN5O.ClH/c18-12-5-6-14-13(9-12)20-16(15-4-2-8-23(14)15)21-22-17(24)11-3-1-7-19-10-11;/h1-10H,(H,20,21)(H,22,24);1H. The van der Waals surface area contributed by atoms with Gasteiger partial charge in [0, 0.05) is 24.7 Å². The fourth-order valence-electron chi connectivity index (χ4n) is 2.53. The molecule has 3 heterocycles. The highest BCUT2D eigenvalue weighted by Gasteiger charge is 2.10. The van der Waals surface area contributed by atoms with Crippen LogP contribution in [0, 0.1) is 5.82 Å². The average molecular weight is 358 g/mol. The Balaban J connectivity index is 0.00000182. The largest absolute Gasteiger partial charge is 0.312 e. The van der Waals surface area contributed by atoms with Gasteiger partial charge < -0.3 is 4.40 Å². The van der Waals surface area contributed by atoms with Crippen LogP contribution in [0.4, 0.5) is 10.2 Å². The van der Waals surface area contributed by atoms with E-state index in [-0.39, 0.29) is 24.1 Å². The summed E-state index contributed by atoms with van der Waals surface area (Å²) in [5.74, 6) is -0.281. The van der Waals surface area contributed by atoms with Crippen LogP contribution in [0.5, 0.6) is 0 Å². The van der Waals surface area contributed by atoms with Crippen molar-refractivity contribution in [2.24, 2.45) is 0 Å². The van der Waals surface area contributed by atoms with E-state index in [9.17, 15) is 9.18 Å². The summed E-state index contributed by atoms with van der Waals surface area (Å²) in [5, 5.41) is 0. The molecule has 0 unspecified atom stereocenters. The van der Waals surface area contributed by atoms with Crippen molar-refractivity contribution in [3.63, 3.8) is 0 Å². The van der Waals surface area contributed by atoms with Gasteiger partial charge in [0.25, 0.3) is 5.91 Å². The number of nitrogens with one attached hydrogen (secondary N) is 2. The van der Waals surface area contributed by atoms with Crippen LogP contribution >= 0.6 is 12.4 Å². The molecule has 0 saturated heterocycles. The molecule has 0 atom stereocenters. The summed E-state index contributed by atoms with van der Waals surface area (Å²) in [4.78, 5) is 20.4. The number of nitrogens with zero attached hydrogens (tertiary/aromatic N) is 3. The molecule has 126 valence electrons. The molecule has 0 fully saturated rings. The Morgan fingerprint density at radius 3 is 2.80 bits per heavy atom. The molecule has 2 N–H and O–H groups in total. The molecule has 8 heteroatoms. The highest BCUT2D eigenvalue weighted by molar-refractivity contribution is 5.95. The van der Waals surface area contributed by atoms with Crippen molar-refractivity contribution in [2.75, 3.05) is 5.43 Å². The zero-order valence-electron chi connectivity index (χ0n) is 12.8. The number of aromatic nitrogens is 3. The SMILES string of the molecule is Cl.O=C(NNc1nc2cc(F)ccc2n2cccc12)c1cccnc1. The zero-order chi connectivity index (χ0) is 16.5. The van der Waals surface area contributed by atoms with E-state index in [4.69, 9.17) is 0 Å². The third kappa shape index (κ3) is 3.09. The van der Waals surface area contributed by atoms with Gasteiger partial charge in [-0.1, -0.05) is 0 Å². The van der Waals surface area contributed by atoms with E-state index in [1.54, 1.807) is 24.4 Å². The molecule has 4 rings (SSSR count). The summed E-state index contributed by atoms with van der Waals surface area (Å²) in [6.45, 7) is 0. The molecule has 0 aliphatic heterocycles. The van der Waals surface area contributed by atoms with Gasteiger partial charge in [-0.2, -0.15) is 0 Å². The van der Waals surface area contributed by atoms with Gasteiger partial charge in [-0.25, -0.2) is 9.37 Å². The highest BCUT2D eigenvalue weighted by Crippen LogP contribution is 2.22. The molecule has 1 aromatic carbocycles. The molecule has 3 aromatic heterocycles. The lowest BCUT2D eigenvalue weighted by molar-refractivity contribution is 0.0962. The molecule has 0 radical (unpaired) electrons. The predicted octanol–water partition coefficient (Wildman–Crippen LogP) is 3.20. The normalized spacial score (nSPS) is 10.4. The summed E-state index contributed by atoms with van der Waals surface area (Å²) in [6, 6.07) is 11.5. The van der Waals surface area contributed by atoms with Crippen LogP contribution in [0.3, 0.4) is 0 Å². The average Bonchev–Trinajstić information content (AvgIpc) is 3.10. The molecule has 0 aliphatic carbocycles. The third-order valence-corrected chi connectivity index (χ3v) is 3.64. The van der Waals surface area contributed by atoms with Crippen LogP contribution in [-0.2, 0) is 0 Å². The van der Waals surface area contributed by atoms with Gasteiger partial charge in [-0.15, -0.1) is 12.4 Å². The summed E-state index contributed by atoms with van der Waals surface area (Å²) in [7, 11) is 0. The van der Waals surface area contributed by atoms with Crippen molar-refractivity contribution in [3.8, 4) is 0 Å². The minimum Gasteiger partial charge on any atom is -0.312 e. The lowest BCUT2D eigenvalue weighted by Gasteiger charge is -2.11.